The Morgan fingerprint density at radius 1 is 1.04 bits per heavy atom. The molecule has 1 aliphatic carbocycles. The highest BCUT2D eigenvalue weighted by Gasteiger charge is 2.40. The molecule has 0 fully saturated rings. The fourth-order valence-electron chi connectivity index (χ4n) is 4.20. The maximum Gasteiger partial charge on any atom is 0.336 e. The van der Waals surface area contributed by atoms with Gasteiger partial charge in [-0.25, -0.2) is 9.59 Å². The minimum atomic E-state index is -0.944. The topological polar surface area (TPSA) is 86.6 Å². The molecule has 3 atom stereocenters. The Morgan fingerprint density at radius 3 is 2.42 bits per heavy atom. The summed E-state index contributed by atoms with van der Waals surface area (Å²) in [6, 6.07) is 10.4. The fraction of sp³-hybridized carbons (Fsp3) is 0.238. The number of carboxylic acids is 2. The van der Waals surface area contributed by atoms with Gasteiger partial charge in [-0.2, -0.15) is 0 Å². The monoisotopic (exact) mass is 349 g/mol. The summed E-state index contributed by atoms with van der Waals surface area (Å²) >= 11 is 0. The van der Waals surface area contributed by atoms with Crippen LogP contribution in [0, 0.1) is 12.8 Å². The molecular formula is C21H19NO4. The maximum atomic E-state index is 11.7. The number of hydrogen-bond donors (Lipinski definition) is 3. The van der Waals surface area contributed by atoms with E-state index in [1.807, 2.05) is 25.1 Å². The van der Waals surface area contributed by atoms with Gasteiger partial charge in [0.05, 0.1) is 17.2 Å². The van der Waals surface area contributed by atoms with E-state index >= 15 is 0 Å². The number of carbonyl (C=O) groups is 2. The molecule has 5 heteroatoms. The molecule has 2 aliphatic rings. The lowest BCUT2D eigenvalue weighted by Crippen LogP contribution is -2.31. The summed E-state index contributed by atoms with van der Waals surface area (Å²) in [7, 11) is 0. The highest BCUT2D eigenvalue weighted by Crippen LogP contribution is 2.51. The van der Waals surface area contributed by atoms with Crippen molar-refractivity contribution >= 4 is 17.6 Å². The number of allylic oxidation sites excluding steroid dienone is 2. The third kappa shape index (κ3) is 2.47. The lowest BCUT2D eigenvalue weighted by molar-refractivity contribution is 0.0685. The maximum absolute atomic E-state index is 11.7. The van der Waals surface area contributed by atoms with E-state index in [2.05, 4.69) is 17.5 Å². The average molecular weight is 349 g/mol. The van der Waals surface area contributed by atoms with Crippen molar-refractivity contribution in [2.45, 2.75) is 25.3 Å². The number of anilines is 1. The Balaban J connectivity index is 1.81. The van der Waals surface area contributed by atoms with E-state index < -0.39 is 11.9 Å². The first-order valence-electron chi connectivity index (χ1n) is 8.60. The van der Waals surface area contributed by atoms with Crippen molar-refractivity contribution in [3.05, 3.63) is 76.4 Å². The first-order valence-corrected chi connectivity index (χ1v) is 8.60. The molecule has 1 heterocycles. The Morgan fingerprint density at radius 2 is 1.77 bits per heavy atom. The number of fused-ring (bicyclic) bond motifs is 3. The molecule has 3 N–H and O–H groups in total. The summed E-state index contributed by atoms with van der Waals surface area (Å²) in [6.45, 7) is 1.97. The van der Waals surface area contributed by atoms with Crippen molar-refractivity contribution in [1.29, 1.82) is 0 Å². The minimum absolute atomic E-state index is 0.00749. The first kappa shape index (κ1) is 16.4. The molecule has 4 rings (SSSR count). The molecule has 2 aromatic rings. The highest BCUT2D eigenvalue weighted by molar-refractivity contribution is 5.93. The van der Waals surface area contributed by atoms with Crippen LogP contribution in [0.1, 0.15) is 55.8 Å². The molecule has 0 aromatic heterocycles. The van der Waals surface area contributed by atoms with E-state index in [1.54, 1.807) is 18.2 Å². The Hall–Kier alpha value is -3.08. The molecule has 5 nitrogen and oxygen atoms in total. The second kappa shape index (κ2) is 6.02. The van der Waals surface area contributed by atoms with Crippen molar-refractivity contribution in [2.75, 3.05) is 5.32 Å². The van der Waals surface area contributed by atoms with Gasteiger partial charge in [0, 0.05) is 11.6 Å². The lowest BCUT2D eigenvalue weighted by Gasteiger charge is -2.39. The number of aromatic carboxylic acids is 2. The van der Waals surface area contributed by atoms with Crippen LogP contribution in [0.15, 0.2) is 48.6 Å². The molecule has 26 heavy (non-hydrogen) atoms. The molecule has 0 unspecified atom stereocenters. The Kier molecular flexibility index (Phi) is 3.80. The van der Waals surface area contributed by atoms with Crippen LogP contribution in [0.3, 0.4) is 0 Å². The highest BCUT2D eigenvalue weighted by atomic mass is 16.4. The van der Waals surface area contributed by atoms with Gasteiger partial charge in [0.15, 0.2) is 0 Å². The van der Waals surface area contributed by atoms with Crippen molar-refractivity contribution in [3.63, 3.8) is 0 Å². The predicted molar refractivity (Wildman–Crippen MR) is 97.9 cm³/mol. The standard InChI is InChI=1S/C21H19NO4/c1-11-5-10-16(21(25)26)17-14-3-2-4-15(14)19(22-18(11)17)12-6-8-13(9-7-12)20(23)24/h2-3,5-10,14-15,19,22H,4H2,1H3,(H,23,24)(H,25,26)/t14-,15+,19-/m1/s1. The third-order valence-corrected chi connectivity index (χ3v) is 5.48. The van der Waals surface area contributed by atoms with Crippen LogP contribution < -0.4 is 5.32 Å². The molecule has 2 aromatic carbocycles. The summed E-state index contributed by atoms with van der Waals surface area (Å²) in [6.07, 6.45) is 5.07. The molecule has 0 radical (unpaired) electrons. The van der Waals surface area contributed by atoms with Gasteiger partial charge >= 0.3 is 11.9 Å². The second-order valence-electron chi connectivity index (χ2n) is 6.93. The molecular weight excluding hydrogens is 330 g/mol. The normalized spacial score (nSPS) is 23.0. The lowest BCUT2D eigenvalue weighted by atomic mass is 9.74. The number of aryl methyl sites for hydroxylation is 1. The van der Waals surface area contributed by atoms with Gasteiger partial charge in [0.1, 0.15) is 0 Å². The zero-order valence-corrected chi connectivity index (χ0v) is 14.3. The summed E-state index contributed by atoms with van der Waals surface area (Å²) in [5, 5.41) is 22.3. The van der Waals surface area contributed by atoms with Crippen LogP contribution in [0.5, 0.6) is 0 Å². The zero-order chi connectivity index (χ0) is 18.4. The van der Waals surface area contributed by atoms with Gasteiger partial charge in [0.2, 0.25) is 0 Å². The molecule has 132 valence electrons. The van der Waals surface area contributed by atoms with E-state index in [9.17, 15) is 14.7 Å². The smallest absolute Gasteiger partial charge is 0.336 e. The van der Waals surface area contributed by atoms with Crippen LogP contribution in [0.2, 0.25) is 0 Å². The quantitative estimate of drug-likeness (QED) is 0.722. The summed E-state index contributed by atoms with van der Waals surface area (Å²) in [5.41, 5.74) is 4.37. The van der Waals surface area contributed by atoms with Gasteiger partial charge in [-0.15, -0.1) is 0 Å². The SMILES string of the molecule is Cc1ccc(C(=O)O)c2c1N[C@H](c1ccc(C(=O)O)cc1)[C@H]1CC=C[C@@H]21. The van der Waals surface area contributed by atoms with Gasteiger partial charge in [-0.3, -0.25) is 0 Å². The average Bonchev–Trinajstić information content (AvgIpc) is 3.11. The van der Waals surface area contributed by atoms with Crippen LogP contribution in [0.4, 0.5) is 5.69 Å². The summed E-state index contributed by atoms with van der Waals surface area (Å²) in [5.74, 6) is -1.60. The van der Waals surface area contributed by atoms with E-state index in [0.717, 1.165) is 28.8 Å². The van der Waals surface area contributed by atoms with Crippen LogP contribution in [-0.4, -0.2) is 22.2 Å². The number of nitrogens with one attached hydrogen (secondary N) is 1. The van der Waals surface area contributed by atoms with Crippen LogP contribution in [-0.2, 0) is 0 Å². The minimum Gasteiger partial charge on any atom is -0.478 e. The van der Waals surface area contributed by atoms with Crippen LogP contribution >= 0.6 is 0 Å². The van der Waals surface area contributed by atoms with Crippen molar-refractivity contribution in [3.8, 4) is 0 Å². The molecule has 0 saturated heterocycles. The van der Waals surface area contributed by atoms with Crippen LogP contribution in [0.25, 0.3) is 0 Å². The van der Waals surface area contributed by atoms with E-state index in [1.165, 1.54) is 0 Å². The Labute approximate surface area is 151 Å². The molecule has 0 spiro atoms. The fourth-order valence-corrected chi connectivity index (χ4v) is 4.20. The van der Waals surface area contributed by atoms with Gasteiger partial charge in [-0.1, -0.05) is 30.4 Å². The number of carboxylic acid groups (broad SMARTS) is 2. The van der Waals surface area contributed by atoms with Crippen molar-refractivity contribution in [2.24, 2.45) is 5.92 Å². The molecule has 1 aliphatic heterocycles. The number of rotatable bonds is 3. The zero-order valence-electron chi connectivity index (χ0n) is 14.3. The summed E-state index contributed by atoms with van der Waals surface area (Å²) in [4.78, 5) is 22.8. The molecule has 0 saturated carbocycles. The van der Waals surface area contributed by atoms with E-state index in [-0.39, 0.29) is 23.4 Å². The van der Waals surface area contributed by atoms with E-state index in [0.29, 0.717) is 5.56 Å². The van der Waals surface area contributed by atoms with Crippen molar-refractivity contribution < 1.29 is 19.8 Å². The second-order valence-corrected chi connectivity index (χ2v) is 6.93. The Bertz CT molecular complexity index is 930. The first-order chi connectivity index (χ1) is 12.5. The van der Waals surface area contributed by atoms with E-state index in [4.69, 9.17) is 5.11 Å². The van der Waals surface area contributed by atoms with Gasteiger partial charge < -0.3 is 15.5 Å². The number of hydrogen-bond acceptors (Lipinski definition) is 3. The molecule has 0 amide bonds. The predicted octanol–water partition coefficient (Wildman–Crippen LogP) is 4.22. The number of benzene rings is 2. The van der Waals surface area contributed by atoms with Gasteiger partial charge in [0.25, 0.3) is 0 Å². The van der Waals surface area contributed by atoms with Crippen molar-refractivity contribution in [1.82, 2.24) is 0 Å². The summed E-state index contributed by atoms with van der Waals surface area (Å²) < 4.78 is 0. The largest absolute Gasteiger partial charge is 0.478 e. The molecule has 0 bridgehead atoms. The van der Waals surface area contributed by atoms with Gasteiger partial charge in [-0.05, 0) is 54.2 Å². The third-order valence-electron chi connectivity index (χ3n) is 5.48.